The number of hydrogen-bond donors (Lipinski definition) is 1. The Kier molecular flexibility index (Phi) is 5.70. The fourth-order valence-corrected chi connectivity index (χ4v) is 3.88. The molecule has 1 fully saturated rings. The van der Waals surface area contributed by atoms with Gasteiger partial charge in [0.15, 0.2) is 5.82 Å². The topological polar surface area (TPSA) is 95.7 Å². The molecular weight excluding hydrogens is 362 g/mol. The van der Waals surface area contributed by atoms with Crippen LogP contribution in [-0.4, -0.2) is 43.0 Å². The molecule has 28 heavy (non-hydrogen) atoms. The first kappa shape index (κ1) is 19.0. The van der Waals surface area contributed by atoms with Crippen molar-refractivity contribution in [2.24, 2.45) is 0 Å². The van der Waals surface area contributed by atoms with Crippen LogP contribution in [0.5, 0.6) is 0 Å². The van der Waals surface area contributed by atoms with Crippen LogP contribution >= 0.6 is 0 Å². The highest BCUT2D eigenvalue weighted by Crippen LogP contribution is 2.33. The van der Waals surface area contributed by atoms with Gasteiger partial charge in [0, 0.05) is 33.2 Å². The van der Waals surface area contributed by atoms with E-state index in [2.05, 4.69) is 21.5 Å². The van der Waals surface area contributed by atoms with Crippen LogP contribution in [0.3, 0.4) is 0 Å². The van der Waals surface area contributed by atoms with E-state index < -0.39 is 5.54 Å². The van der Waals surface area contributed by atoms with Gasteiger partial charge in [0.1, 0.15) is 12.1 Å². The van der Waals surface area contributed by atoms with E-state index in [9.17, 15) is 4.79 Å². The summed E-state index contributed by atoms with van der Waals surface area (Å²) in [6, 6.07) is 8.13. The lowest BCUT2D eigenvalue weighted by atomic mass is 9.89. The summed E-state index contributed by atoms with van der Waals surface area (Å²) in [5.41, 5.74) is 1.61. The van der Waals surface area contributed by atoms with Crippen LogP contribution in [0.2, 0.25) is 0 Å². The van der Waals surface area contributed by atoms with Crippen molar-refractivity contribution in [3.8, 4) is 0 Å². The van der Waals surface area contributed by atoms with Crippen LogP contribution in [0, 0.1) is 0 Å². The molecule has 1 aromatic heterocycles. The summed E-state index contributed by atoms with van der Waals surface area (Å²) in [4.78, 5) is 17.4. The molecule has 0 radical (unpaired) electrons. The van der Waals surface area contributed by atoms with Crippen LogP contribution in [-0.2, 0) is 37.6 Å². The molecule has 1 N–H and O–H groups in total. The Bertz CT molecular complexity index is 816. The van der Waals surface area contributed by atoms with Gasteiger partial charge in [-0.25, -0.2) is 0 Å². The quantitative estimate of drug-likeness (QED) is 0.810. The average molecular weight is 387 g/mol. The van der Waals surface area contributed by atoms with E-state index >= 15 is 0 Å². The Hall–Kier alpha value is -2.29. The summed E-state index contributed by atoms with van der Waals surface area (Å²) in [6.07, 6.45) is 2.04. The Labute approximate surface area is 163 Å². The molecule has 2 aromatic rings. The predicted molar refractivity (Wildman–Crippen MR) is 98.3 cm³/mol. The molecule has 4 rings (SSSR count). The van der Waals surface area contributed by atoms with Crippen LogP contribution < -0.4 is 5.32 Å². The molecule has 150 valence electrons. The lowest BCUT2D eigenvalue weighted by Gasteiger charge is -2.35. The fourth-order valence-electron chi connectivity index (χ4n) is 3.88. The number of nitrogens with zero attached hydrogens (tertiary/aromatic N) is 2. The molecule has 1 unspecified atom stereocenters. The lowest BCUT2D eigenvalue weighted by molar-refractivity contribution is -0.128. The van der Waals surface area contributed by atoms with E-state index in [0.29, 0.717) is 44.4 Å². The summed E-state index contributed by atoms with van der Waals surface area (Å²) in [5, 5.41) is 7.10. The number of hydrogen-bond acceptors (Lipinski definition) is 7. The highest BCUT2D eigenvalue weighted by Gasteiger charge is 2.41. The number of benzene rings is 1. The van der Waals surface area contributed by atoms with Gasteiger partial charge in [-0.2, -0.15) is 4.98 Å². The van der Waals surface area contributed by atoms with Crippen LogP contribution in [0.15, 0.2) is 28.8 Å². The molecule has 8 heteroatoms. The third kappa shape index (κ3) is 3.94. The summed E-state index contributed by atoms with van der Waals surface area (Å²) < 4.78 is 21.9. The summed E-state index contributed by atoms with van der Waals surface area (Å²) in [5.74, 6) is 0.762. The maximum atomic E-state index is 13.0. The van der Waals surface area contributed by atoms with Crippen molar-refractivity contribution < 1.29 is 23.5 Å². The second kappa shape index (κ2) is 8.38. The number of nitrogens with one attached hydrogen (secondary N) is 1. The zero-order valence-corrected chi connectivity index (χ0v) is 16.0. The number of fused-ring (bicyclic) bond motifs is 1. The van der Waals surface area contributed by atoms with E-state index in [1.165, 1.54) is 5.56 Å². The van der Waals surface area contributed by atoms with Gasteiger partial charge in [-0.15, -0.1) is 0 Å². The maximum absolute atomic E-state index is 13.0. The number of ether oxygens (including phenoxy) is 3. The Morgan fingerprint density at radius 2 is 2.11 bits per heavy atom. The van der Waals surface area contributed by atoms with Crippen molar-refractivity contribution in [3.63, 3.8) is 0 Å². The molecule has 1 aromatic carbocycles. The van der Waals surface area contributed by atoms with Gasteiger partial charge in [0.25, 0.3) is 5.89 Å². The molecule has 0 saturated carbocycles. The van der Waals surface area contributed by atoms with Gasteiger partial charge in [-0.1, -0.05) is 29.4 Å². The molecule has 3 heterocycles. The van der Waals surface area contributed by atoms with Gasteiger partial charge in [-0.05, 0) is 17.5 Å². The number of methoxy groups -OCH3 is 1. The van der Waals surface area contributed by atoms with Gasteiger partial charge in [0.2, 0.25) is 5.91 Å². The first-order valence-corrected chi connectivity index (χ1v) is 9.60. The summed E-state index contributed by atoms with van der Waals surface area (Å²) >= 11 is 0. The first-order chi connectivity index (χ1) is 13.7. The molecule has 1 amide bonds. The maximum Gasteiger partial charge on any atom is 0.252 e. The second-order valence-electron chi connectivity index (χ2n) is 7.20. The molecule has 8 nitrogen and oxygen atoms in total. The molecule has 0 aliphatic carbocycles. The largest absolute Gasteiger partial charge is 0.381 e. The highest BCUT2D eigenvalue weighted by molar-refractivity contribution is 5.77. The zero-order valence-electron chi connectivity index (χ0n) is 16.0. The number of carbonyl (C=O) groups excluding carboxylic acids is 1. The van der Waals surface area contributed by atoms with E-state index in [-0.39, 0.29) is 25.0 Å². The molecule has 2 aliphatic heterocycles. The normalized spacial score (nSPS) is 21.1. The van der Waals surface area contributed by atoms with Crippen molar-refractivity contribution in [1.82, 2.24) is 15.5 Å². The van der Waals surface area contributed by atoms with Crippen LogP contribution in [0.1, 0.15) is 48.2 Å². The third-order valence-electron chi connectivity index (χ3n) is 5.34. The van der Waals surface area contributed by atoms with Crippen LogP contribution in [0.25, 0.3) is 0 Å². The zero-order chi connectivity index (χ0) is 19.4. The van der Waals surface area contributed by atoms with Crippen molar-refractivity contribution in [3.05, 3.63) is 47.1 Å². The number of rotatable bonds is 6. The van der Waals surface area contributed by atoms with Crippen LogP contribution in [0.4, 0.5) is 0 Å². The summed E-state index contributed by atoms with van der Waals surface area (Å²) in [7, 11) is 1.57. The summed E-state index contributed by atoms with van der Waals surface area (Å²) in [6.45, 7) is 1.92. The van der Waals surface area contributed by atoms with Gasteiger partial charge in [0.05, 0.1) is 19.1 Å². The first-order valence-electron chi connectivity index (χ1n) is 9.60. The molecular formula is C20H25N3O5. The number of amides is 1. The SMILES string of the molecule is COCc1noc(C2(NC(=O)CC3OCCc4ccccc43)CCOCC2)n1. The van der Waals surface area contributed by atoms with E-state index in [1.54, 1.807) is 7.11 Å². The minimum Gasteiger partial charge on any atom is -0.381 e. The monoisotopic (exact) mass is 387 g/mol. The molecule has 1 atom stereocenters. The van der Waals surface area contributed by atoms with Crippen molar-refractivity contribution in [1.29, 1.82) is 0 Å². The van der Waals surface area contributed by atoms with Crippen molar-refractivity contribution in [2.45, 2.75) is 43.9 Å². The van der Waals surface area contributed by atoms with Gasteiger partial charge < -0.3 is 24.1 Å². The Morgan fingerprint density at radius 3 is 2.93 bits per heavy atom. The van der Waals surface area contributed by atoms with Crippen molar-refractivity contribution in [2.75, 3.05) is 26.9 Å². The van der Waals surface area contributed by atoms with Gasteiger partial charge in [-0.3, -0.25) is 4.79 Å². The van der Waals surface area contributed by atoms with E-state index in [4.69, 9.17) is 18.7 Å². The minimum absolute atomic E-state index is 0.102. The molecule has 0 spiro atoms. The van der Waals surface area contributed by atoms with E-state index in [0.717, 1.165) is 12.0 Å². The Balaban J connectivity index is 1.50. The molecule has 1 saturated heterocycles. The number of carbonyl (C=O) groups is 1. The second-order valence-corrected chi connectivity index (χ2v) is 7.20. The third-order valence-corrected chi connectivity index (χ3v) is 5.34. The smallest absolute Gasteiger partial charge is 0.252 e. The Morgan fingerprint density at radius 1 is 1.29 bits per heavy atom. The number of aromatic nitrogens is 2. The minimum atomic E-state index is -0.720. The highest BCUT2D eigenvalue weighted by atomic mass is 16.5. The lowest BCUT2D eigenvalue weighted by Crippen LogP contribution is -2.50. The van der Waals surface area contributed by atoms with Crippen molar-refractivity contribution >= 4 is 5.91 Å². The molecule has 2 aliphatic rings. The predicted octanol–water partition coefficient (Wildman–Crippen LogP) is 2.04. The van der Waals surface area contributed by atoms with E-state index in [1.807, 2.05) is 18.2 Å². The average Bonchev–Trinajstić information content (AvgIpc) is 3.19. The molecule has 0 bridgehead atoms. The van der Waals surface area contributed by atoms with Gasteiger partial charge >= 0.3 is 0 Å². The fraction of sp³-hybridized carbons (Fsp3) is 0.550. The standard InChI is InChI=1S/C20H25N3O5/c1-25-13-17-21-19(28-23-17)20(7-10-26-11-8-20)22-18(24)12-16-15-5-3-2-4-14(15)6-9-27-16/h2-5,16H,6-13H2,1H3,(H,22,24).